The molecule has 1 saturated heterocycles. The van der Waals surface area contributed by atoms with Crippen LogP contribution in [0.3, 0.4) is 0 Å². The molecule has 0 radical (unpaired) electrons. The zero-order chi connectivity index (χ0) is 24.5. The normalized spacial score (nSPS) is 18.2. The van der Waals surface area contributed by atoms with Gasteiger partial charge >= 0.3 is 0 Å². The molecule has 1 aromatic heterocycles. The Kier molecular flexibility index (Phi) is 6.45. The van der Waals surface area contributed by atoms with Gasteiger partial charge in [0.15, 0.2) is 5.43 Å². The van der Waals surface area contributed by atoms with Crippen molar-refractivity contribution in [1.82, 2.24) is 9.80 Å². The van der Waals surface area contributed by atoms with Crippen LogP contribution in [-0.4, -0.2) is 61.7 Å². The summed E-state index contributed by atoms with van der Waals surface area (Å²) >= 11 is 0. The number of fused-ring (bicyclic) bond motifs is 2. The van der Waals surface area contributed by atoms with E-state index in [1.807, 2.05) is 50.2 Å². The van der Waals surface area contributed by atoms with Gasteiger partial charge in [0.25, 0.3) is 5.91 Å². The Morgan fingerprint density at radius 3 is 2.49 bits per heavy atom. The number of carbonyl (C=O) groups is 1. The first-order valence-electron chi connectivity index (χ1n) is 12.0. The Morgan fingerprint density at radius 1 is 1.06 bits per heavy atom. The van der Waals surface area contributed by atoms with Crippen molar-refractivity contribution >= 4 is 16.9 Å². The minimum Gasteiger partial charge on any atom is -0.490 e. The minimum atomic E-state index is -0.519. The molecule has 1 unspecified atom stereocenters. The average Bonchev–Trinajstić information content (AvgIpc) is 3.15. The molecule has 1 amide bonds. The number of amides is 1. The van der Waals surface area contributed by atoms with Crippen molar-refractivity contribution in [3.8, 4) is 5.75 Å². The zero-order valence-corrected chi connectivity index (χ0v) is 20.2. The lowest BCUT2D eigenvalue weighted by Crippen LogP contribution is -2.42. The smallest absolute Gasteiger partial charge is 0.290 e. The highest BCUT2D eigenvalue weighted by molar-refractivity contribution is 5.99. The summed E-state index contributed by atoms with van der Waals surface area (Å²) in [6.45, 7) is 12.2. The number of hydrogen-bond donors (Lipinski definition) is 0. The van der Waals surface area contributed by atoms with Crippen LogP contribution in [0.25, 0.3) is 11.0 Å². The van der Waals surface area contributed by atoms with Crippen LogP contribution in [-0.2, 0) is 4.74 Å². The zero-order valence-electron chi connectivity index (χ0n) is 20.2. The maximum atomic E-state index is 13.8. The molecule has 182 valence electrons. The summed E-state index contributed by atoms with van der Waals surface area (Å²) in [7, 11) is 0. The maximum Gasteiger partial charge on any atom is 0.290 e. The third-order valence-electron chi connectivity index (χ3n) is 6.91. The minimum absolute atomic E-state index is 0.143. The number of morpholine rings is 1. The van der Waals surface area contributed by atoms with Crippen LogP contribution in [0, 0.1) is 13.8 Å². The van der Waals surface area contributed by atoms with Gasteiger partial charge in [-0.2, -0.15) is 0 Å². The van der Waals surface area contributed by atoms with E-state index in [1.165, 1.54) is 0 Å². The fourth-order valence-corrected chi connectivity index (χ4v) is 4.83. The first kappa shape index (κ1) is 23.3. The lowest BCUT2D eigenvalue weighted by atomic mass is 9.97. The molecule has 0 aliphatic carbocycles. The summed E-state index contributed by atoms with van der Waals surface area (Å²) in [5, 5.41) is 0.505. The molecule has 2 aliphatic rings. The average molecular weight is 475 g/mol. The van der Waals surface area contributed by atoms with Gasteiger partial charge in [-0.05, 0) is 54.8 Å². The molecule has 0 bridgehead atoms. The van der Waals surface area contributed by atoms with Crippen molar-refractivity contribution in [2.45, 2.75) is 19.9 Å². The molecule has 1 atom stereocenters. The molecule has 0 saturated carbocycles. The quantitative estimate of drug-likeness (QED) is 0.485. The first-order chi connectivity index (χ1) is 17.0. The van der Waals surface area contributed by atoms with Crippen LogP contribution in [0.1, 0.15) is 38.9 Å². The number of benzene rings is 2. The topological polar surface area (TPSA) is 72.2 Å². The van der Waals surface area contributed by atoms with Crippen LogP contribution in [0.2, 0.25) is 0 Å². The molecule has 35 heavy (non-hydrogen) atoms. The highest BCUT2D eigenvalue weighted by Gasteiger charge is 2.42. The monoisotopic (exact) mass is 474 g/mol. The van der Waals surface area contributed by atoms with Gasteiger partial charge in [0.05, 0.1) is 30.2 Å². The van der Waals surface area contributed by atoms with Gasteiger partial charge in [0, 0.05) is 26.2 Å². The first-order valence-corrected chi connectivity index (χ1v) is 12.0. The number of hydrogen-bond acceptors (Lipinski definition) is 6. The van der Waals surface area contributed by atoms with Gasteiger partial charge in [-0.15, -0.1) is 0 Å². The number of rotatable bonds is 7. The number of ether oxygens (including phenoxy) is 2. The SMILES string of the molecule is C=CCOc1ccc(C2c3c(oc4cc(C)c(C)cc4c3=O)C(=O)N2CCN2CCOCC2)cc1. The molecular formula is C28H30N2O5. The van der Waals surface area contributed by atoms with E-state index in [4.69, 9.17) is 13.9 Å². The van der Waals surface area contributed by atoms with Crippen molar-refractivity contribution in [2.24, 2.45) is 0 Å². The van der Waals surface area contributed by atoms with E-state index in [2.05, 4.69) is 11.5 Å². The van der Waals surface area contributed by atoms with Crippen LogP contribution in [0.15, 0.2) is 58.3 Å². The second-order valence-electron chi connectivity index (χ2n) is 9.13. The number of carbonyl (C=O) groups excluding carboxylic acids is 1. The Labute approximate surface area is 204 Å². The lowest BCUT2D eigenvalue weighted by Gasteiger charge is -2.31. The van der Waals surface area contributed by atoms with Gasteiger partial charge < -0.3 is 18.8 Å². The fraction of sp³-hybridized carbons (Fsp3) is 0.357. The summed E-state index contributed by atoms with van der Waals surface area (Å²) in [6, 6.07) is 10.7. The highest BCUT2D eigenvalue weighted by atomic mass is 16.5. The lowest BCUT2D eigenvalue weighted by molar-refractivity contribution is 0.0314. The highest BCUT2D eigenvalue weighted by Crippen LogP contribution is 2.38. The molecule has 0 N–H and O–H groups in total. The molecule has 7 heteroatoms. The molecule has 1 fully saturated rings. The summed E-state index contributed by atoms with van der Waals surface area (Å²) in [6.07, 6.45) is 1.69. The van der Waals surface area contributed by atoms with Gasteiger partial charge in [-0.25, -0.2) is 0 Å². The molecule has 5 rings (SSSR count). The van der Waals surface area contributed by atoms with Crippen LogP contribution in [0.4, 0.5) is 0 Å². The fourth-order valence-electron chi connectivity index (χ4n) is 4.83. The summed E-state index contributed by atoms with van der Waals surface area (Å²) < 4.78 is 17.2. The van der Waals surface area contributed by atoms with Crippen molar-refractivity contribution in [1.29, 1.82) is 0 Å². The second kappa shape index (κ2) is 9.68. The van der Waals surface area contributed by atoms with Crippen molar-refractivity contribution in [3.63, 3.8) is 0 Å². The van der Waals surface area contributed by atoms with E-state index in [0.717, 1.165) is 29.8 Å². The summed E-state index contributed by atoms with van der Waals surface area (Å²) in [5.74, 6) is 0.599. The molecule has 2 aromatic carbocycles. The Hall–Kier alpha value is -3.42. The van der Waals surface area contributed by atoms with E-state index in [9.17, 15) is 9.59 Å². The third kappa shape index (κ3) is 4.37. The largest absolute Gasteiger partial charge is 0.490 e. The Balaban J connectivity index is 1.58. The van der Waals surface area contributed by atoms with E-state index in [0.29, 0.717) is 55.2 Å². The van der Waals surface area contributed by atoms with E-state index >= 15 is 0 Å². The van der Waals surface area contributed by atoms with Gasteiger partial charge in [-0.3, -0.25) is 14.5 Å². The maximum absolute atomic E-state index is 13.8. The molecule has 7 nitrogen and oxygen atoms in total. The van der Waals surface area contributed by atoms with Crippen molar-refractivity contribution < 1.29 is 18.7 Å². The van der Waals surface area contributed by atoms with E-state index in [-0.39, 0.29) is 17.1 Å². The predicted octanol–water partition coefficient (Wildman–Crippen LogP) is 3.85. The molecule has 3 aromatic rings. The van der Waals surface area contributed by atoms with E-state index in [1.54, 1.807) is 11.0 Å². The number of nitrogens with zero attached hydrogens (tertiary/aromatic N) is 2. The molecule has 0 spiro atoms. The summed E-state index contributed by atoms with van der Waals surface area (Å²) in [4.78, 5) is 31.4. The second-order valence-corrected chi connectivity index (χ2v) is 9.13. The summed E-state index contributed by atoms with van der Waals surface area (Å²) in [5.41, 5.74) is 3.59. The molecular weight excluding hydrogens is 444 g/mol. The Bertz CT molecular complexity index is 1320. The van der Waals surface area contributed by atoms with Gasteiger partial charge in [-0.1, -0.05) is 24.8 Å². The number of aryl methyl sites for hydroxylation is 2. The molecule has 2 aliphatic heterocycles. The Morgan fingerprint density at radius 2 is 1.77 bits per heavy atom. The molecule has 3 heterocycles. The van der Waals surface area contributed by atoms with Crippen LogP contribution >= 0.6 is 0 Å². The van der Waals surface area contributed by atoms with Gasteiger partial charge in [0.1, 0.15) is 17.9 Å². The third-order valence-corrected chi connectivity index (χ3v) is 6.91. The van der Waals surface area contributed by atoms with Gasteiger partial charge in [0.2, 0.25) is 5.76 Å². The standard InChI is InChI=1S/C28H30N2O5/c1-4-13-34-21-7-5-20(6-8-21)25-24-26(31)22-16-18(2)19(3)17-23(22)35-27(24)28(32)30(25)10-9-29-11-14-33-15-12-29/h4-8,16-17,25H,1,9-15H2,2-3H3. The van der Waals surface area contributed by atoms with Crippen molar-refractivity contribution in [3.05, 3.63) is 87.3 Å². The van der Waals surface area contributed by atoms with Crippen LogP contribution in [0.5, 0.6) is 5.75 Å². The van der Waals surface area contributed by atoms with E-state index < -0.39 is 6.04 Å². The predicted molar refractivity (Wildman–Crippen MR) is 134 cm³/mol. The van der Waals surface area contributed by atoms with Crippen molar-refractivity contribution in [2.75, 3.05) is 46.0 Å². The van der Waals surface area contributed by atoms with Crippen LogP contribution < -0.4 is 10.2 Å².